The summed E-state index contributed by atoms with van der Waals surface area (Å²) in [6, 6.07) is 21.6. The first-order chi connectivity index (χ1) is 17.1. The Bertz CT molecular complexity index is 1250. The van der Waals surface area contributed by atoms with Gasteiger partial charge in [0.15, 0.2) is 0 Å². The molecule has 0 aliphatic heterocycles. The van der Waals surface area contributed by atoms with Crippen LogP contribution in [-0.4, -0.2) is 43.2 Å². The van der Waals surface area contributed by atoms with Crippen molar-refractivity contribution in [3.8, 4) is 17.2 Å². The molecule has 4 aromatic rings. The SMILES string of the molecule is CCOc1ccc(CN(CCc2c[nH]c3ccc(OC)cc23)C(=O)Cc2ccc(OC)cc2)cc1. The smallest absolute Gasteiger partial charge is 0.227 e. The molecule has 0 saturated carbocycles. The van der Waals surface area contributed by atoms with Crippen molar-refractivity contribution in [2.45, 2.75) is 26.3 Å². The molecule has 0 aliphatic carbocycles. The Morgan fingerprint density at radius 1 is 0.857 bits per heavy atom. The minimum atomic E-state index is 0.0847. The minimum absolute atomic E-state index is 0.0847. The Balaban J connectivity index is 1.52. The zero-order valence-electron chi connectivity index (χ0n) is 20.5. The fourth-order valence-electron chi connectivity index (χ4n) is 4.15. The van der Waals surface area contributed by atoms with E-state index in [2.05, 4.69) is 4.98 Å². The molecule has 0 unspecified atom stereocenters. The van der Waals surface area contributed by atoms with Crippen LogP contribution in [0.4, 0.5) is 0 Å². The van der Waals surface area contributed by atoms with E-state index in [0.717, 1.165) is 51.3 Å². The maximum atomic E-state index is 13.4. The van der Waals surface area contributed by atoms with Crippen LogP contribution in [0.1, 0.15) is 23.6 Å². The molecule has 0 aliphatic rings. The summed E-state index contributed by atoms with van der Waals surface area (Å²) < 4.78 is 16.2. The number of aromatic nitrogens is 1. The molecule has 3 aromatic carbocycles. The van der Waals surface area contributed by atoms with Gasteiger partial charge in [0.25, 0.3) is 0 Å². The highest BCUT2D eigenvalue weighted by atomic mass is 16.5. The van der Waals surface area contributed by atoms with Gasteiger partial charge in [-0.3, -0.25) is 4.79 Å². The predicted molar refractivity (Wildman–Crippen MR) is 138 cm³/mol. The monoisotopic (exact) mass is 472 g/mol. The third-order valence-electron chi connectivity index (χ3n) is 6.10. The number of fused-ring (bicyclic) bond motifs is 1. The zero-order valence-corrected chi connectivity index (χ0v) is 20.5. The zero-order chi connectivity index (χ0) is 24.6. The molecule has 0 spiro atoms. The summed E-state index contributed by atoms with van der Waals surface area (Å²) in [7, 11) is 3.31. The molecule has 0 saturated heterocycles. The lowest BCUT2D eigenvalue weighted by molar-refractivity contribution is -0.131. The van der Waals surface area contributed by atoms with E-state index in [4.69, 9.17) is 14.2 Å². The standard InChI is InChI=1S/C29H32N2O4/c1-4-35-25-11-7-22(8-12-25)20-31(29(32)17-21-5-9-24(33-2)10-6-21)16-15-23-19-30-28-14-13-26(34-3)18-27(23)28/h5-14,18-19,30H,4,15-17,20H2,1-3H3. The fourth-order valence-corrected chi connectivity index (χ4v) is 4.15. The van der Waals surface area contributed by atoms with Gasteiger partial charge < -0.3 is 24.1 Å². The lowest BCUT2D eigenvalue weighted by Gasteiger charge is -2.23. The molecular formula is C29H32N2O4. The number of hydrogen-bond acceptors (Lipinski definition) is 4. The van der Waals surface area contributed by atoms with E-state index >= 15 is 0 Å². The van der Waals surface area contributed by atoms with E-state index in [1.165, 1.54) is 0 Å². The number of nitrogens with zero attached hydrogens (tertiary/aromatic N) is 1. The van der Waals surface area contributed by atoms with Gasteiger partial charge in [-0.05, 0) is 72.5 Å². The lowest BCUT2D eigenvalue weighted by atomic mass is 10.1. The van der Waals surface area contributed by atoms with Gasteiger partial charge in [0, 0.05) is 30.2 Å². The second-order valence-corrected chi connectivity index (χ2v) is 8.39. The van der Waals surface area contributed by atoms with Crippen molar-refractivity contribution in [2.75, 3.05) is 27.4 Å². The van der Waals surface area contributed by atoms with Gasteiger partial charge in [-0.25, -0.2) is 0 Å². The van der Waals surface area contributed by atoms with Gasteiger partial charge in [-0.1, -0.05) is 24.3 Å². The molecule has 35 heavy (non-hydrogen) atoms. The number of amides is 1. The summed E-state index contributed by atoms with van der Waals surface area (Å²) in [5, 5.41) is 1.12. The Morgan fingerprint density at radius 3 is 2.20 bits per heavy atom. The summed E-state index contributed by atoms with van der Waals surface area (Å²) in [6.45, 7) is 3.73. The second-order valence-electron chi connectivity index (χ2n) is 8.39. The number of ether oxygens (including phenoxy) is 3. The highest BCUT2D eigenvalue weighted by Crippen LogP contribution is 2.24. The van der Waals surface area contributed by atoms with Gasteiger partial charge in [0.1, 0.15) is 17.2 Å². The van der Waals surface area contributed by atoms with E-state index in [-0.39, 0.29) is 5.91 Å². The topological polar surface area (TPSA) is 63.8 Å². The van der Waals surface area contributed by atoms with Crippen molar-refractivity contribution in [3.63, 3.8) is 0 Å². The molecule has 0 atom stereocenters. The minimum Gasteiger partial charge on any atom is -0.497 e. The van der Waals surface area contributed by atoms with E-state index in [0.29, 0.717) is 26.1 Å². The van der Waals surface area contributed by atoms with Crippen molar-refractivity contribution < 1.29 is 19.0 Å². The molecule has 1 N–H and O–H groups in total. The number of carbonyl (C=O) groups is 1. The number of H-pyrrole nitrogens is 1. The molecule has 0 radical (unpaired) electrons. The Labute approximate surface area is 206 Å². The van der Waals surface area contributed by atoms with Crippen LogP contribution in [0.2, 0.25) is 0 Å². The Kier molecular flexibility index (Phi) is 7.93. The lowest BCUT2D eigenvalue weighted by Crippen LogP contribution is -2.33. The first-order valence-corrected chi connectivity index (χ1v) is 11.9. The van der Waals surface area contributed by atoms with E-state index < -0.39 is 0 Å². The molecule has 1 amide bonds. The number of rotatable bonds is 11. The molecule has 0 bridgehead atoms. The van der Waals surface area contributed by atoms with Crippen LogP contribution < -0.4 is 14.2 Å². The summed E-state index contributed by atoms with van der Waals surface area (Å²) in [5.41, 5.74) is 4.25. The van der Waals surface area contributed by atoms with Crippen LogP contribution >= 0.6 is 0 Å². The molecular weight excluding hydrogens is 440 g/mol. The predicted octanol–water partition coefficient (Wildman–Crippen LogP) is 5.40. The van der Waals surface area contributed by atoms with Crippen LogP contribution in [0.5, 0.6) is 17.2 Å². The van der Waals surface area contributed by atoms with Crippen LogP contribution in [-0.2, 0) is 24.2 Å². The van der Waals surface area contributed by atoms with Crippen molar-refractivity contribution >= 4 is 16.8 Å². The summed E-state index contributed by atoms with van der Waals surface area (Å²) in [4.78, 5) is 18.7. The second kappa shape index (κ2) is 11.5. The first-order valence-electron chi connectivity index (χ1n) is 11.9. The Morgan fingerprint density at radius 2 is 1.51 bits per heavy atom. The quantitative estimate of drug-likeness (QED) is 0.318. The van der Waals surface area contributed by atoms with E-state index in [1.54, 1.807) is 14.2 Å². The molecule has 182 valence electrons. The van der Waals surface area contributed by atoms with Crippen molar-refractivity contribution in [1.29, 1.82) is 0 Å². The van der Waals surface area contributed by atoms with Crippen LogP contribution in [0, 0.1) is 0 Å². The maximum Gasteiger partial charge on any atom is 0.227 e. The highest BCUT2D eigenvalue weighted by molar-refractivity contribution is 5.85. The largest absolute Gasteiger partial charge is 0.497 e. The summed E-state index contributed by atoms with van der Waals surface area (Å²) >= 11 is 0. The third kappa shape index (κ3) is 6.15. The van der Waals surface area contributed by atoms with E-state index in [1.807, 2.05) is 84.8 Å². The van der Waals surface area contributed by atoms with Gasteiger partial charge in [-0.2, -0.15) is 0 Å². The van der Waals surface area contributed by atoms with Crippen molar-refractivity contribution in [3.05, 3.63) is 89.6 Å². The molecule has 1 aromatic heterocycles. The number of benzene rings is 3. The normalized spacial score (nSPS) is 10.8. The third-order valence-corrected chi connectivity index (χ3v) is 6.10. The maximum absolute atomic E-state index is 13.4. The summed E-state index contributed by atoms with van der Waals surface area (Å²) in [5.74, 6) is 2.52. The average molecular weight is 473 g/mol. The molecule has 6 heteroatoms. The van der Waals surface area contributed by atoms with Crippen LogP contribution in [0.25, 0.3) is 10.9 Å². The van der Waals surface area contributed by atoms with Crippen molar-refractivity contribution in [1.82, 2.24) is 9.88 Å². The van der Waals surface area contributed by atoms with E-state index in [9.17, 15) is 4.79 Å². The number of nitrogens with one attached hydrogen (secondary N) is 1. The van der Waals surface area contributed by atoms with Gasteiger partial charge >= 0.3 is 0 Å². The number of methoxy groups -OCH3 is 2. The fraction of sp³-hybridized carbons (Fsp3) is 0.276. The van der Waals surface area contributed by atoms with Crippen molar-refractivity contribution in [2.24, 2.45) is 0 Å². The highest BCUT2D eigenvalue weighted by Gasteiger charge is 2.16. The van der Waals surface area contributed by atoms with Crippen LogP contribution in [0.15, 0.2) is 72.9 Å². The number of hydrogen-bond donors (Lipinski definition) is 1. The molecule has 0 fully saturated rings. The average Bonchev–Trinajstić information content (AvgIpc) is 3.30. The molecule has 1 heterocycles. The number of carbonyl (C=O) groups excluding carboxylic acids is 1. The van der Waals surface area contributed by atoms with Gasteiger partial charge in [0.05, 0.1) is 27.2 Å². The van der Waals surface area contributed by atoms with Crippen LogP contribution in [0.3, 0.4) is 0 Å². The summed E-state index contributed by atoms with van der Waals surface area (Å²) in [6.07, 6.45) is 3.09. The molecule has 6 nitrogen and oxygen atoms in total. The Hall–Kier alpha value is -3.93. The molecule has 4 rings (SSSR count). The number of aromatic amines is 1. The first kappa shape index (κ1) is 24.2. The van der Waals surface area contributed by atoms with Gasteiger partial charge in [0.2, 0.25) is 5.91 Å². The van der Waals surface area contributed by atoms with Gasteiger partial charge in [-0.15, -0.1) is 0 Å².